The highest BCUT2D eigenvalue weighted by Gasteiger charge is 2.26. The van der Waals surface area contributed by atoms with E-state index in [4.69, 9.17) is 0 Å². The lowest BCUT2D eigenvalue weighted by Crippen LogP contribution is -2.23. The molecule has 0 bridgehead atoms. The minimum absolute atomic E-state index is 0.0646. The average Bonchev–Trinajstić information content (AvgIpc) is 3.20. The Labute approximate surface area is 137 Å². The predicted octanol–water partition coefficient (Wildman–Crippen LogP) is 3.14. The van der Waals surface area contributed by atoms with Gasteiger partial charge in [0.2, 0.25) is 5.95 Å². The maximum absolute atomic E-state index is 12.7. The fraction of sp³-hybridized carbons (Fsp3) is 0.235. The Bertz CT molecular complexity index is 930. The van der Waals surface area contributed by atoms with Crippen LogP contribution in [0.25, 0.3) is 10.6 Å². The van der Waals surface area contributed by atoms with E-state index in [1.165, 1.54) is 22.5 Å². The number of rotatable bonds is 2. The van der Waals surface area contributed by atoms with Crippen LogP contribution in [0.3, 0.4) is 0 Å². The molecule has 0 unspecified atom stereocenters. The number of hydrogen-bond acceptors (Lipinski definition) is 5. The molecule has 0 spiro atoms. The summed E-state index contributed by atoms with van der Waals surface area (Å²) in [5.74, 6) is 0.629. The molecular formula is C17H16N4OS. The van der Waals surface area contributed by atoms with E-state index in [-0.39, 0.29) is 5.56 Å². The molecule has 0 saturated heterocycles. The standard InChI is InChI=1S/C17H16N4OS/c1-11-5-3-6-13(12(11)2)20-8-9-21-16(22)15(18-19-17(20)21)14-7-4-10-23-14/h3-7,10H,8-9H2,1-2H3. The summed E-state index contributed by atoms with van der Waals surface area (Å²) >= 11 is 1.51. The first-order valence-electron chi connectivity index (χ1n) is 7.52. The van der Waals surface area contributed by atoms with E-state index >= 15 is 0 Å². The van der Waals surface area contributed by atoms with Crippen LogP contribution in [-0.2, 0) is 6.54 Å². The summed E-state index contributed by atoms with van der Waals surface area (Å²) in [6.07, 6.45) is 0. The Kier molecular flexibility index (Phi) is 3.27. The van der Waals surface area contributed by atoms with Gasteiger partial charge < -0.3 is 4.90 Å². The van der Waals surface area contributed by atoms with E-state index in [1.54, 1.807) is 4.57 Å². The fourth-order valence-electron chi connectivity index (χ4n) is 2.94. The first-order chi connectivity index (χ1) is 11.2. The second-order valence-electron chi connectivity index (χ2n) is 5.65. The van der Waals surface area contributed by atoms with E-state index in [0.29, 0.717) is 18.2 Å². The lowest BCUT2D eigenvalue weighted by atomic mass is 10.1. The minimum Gasteiger partial charge on any atom is -0.309 e. The molecule has 5 nitrogen and oxygen atoms in total. The van der Waals surface area contributed by atoms with Gasteiger partial charge in [0.05, 0.1) is 4.88 Å². The Morgan fingerprint density at radius 1 is 1.09 bits per heavy atom. The summed E-state index contributed by atoms with van der Waals surface area (Å²) in [5.41, 5.74) is 3.90. The Morgan fingerprint density at radius 2 is 1.96 bits per heavy atom. The molecule has 0 amide bonds. The van der Waals surface area contributed by atoms with Gasteiger partial charge in [-0.15, -0.1) is 21.5 Å². The van der Waals surface area contributed by atoms with Crippen LogP contribution in [0, 0.1) is 13.8 Å². The number of aromatic nitrogens is 3. The number of fused-ring (bicyclic) bond motifs is 1. The zero-order valence-electron chi connectivity index (χ0n) is 13.0. The Balaban J connectivity index is 1.83. The van der Waals surface area contributed by atoms with Gasteiger partial charge in [0, 0.05) is 18.8 Å². The van der Waals surface area contributed by atoms with Crippen LogP contribution >= 0.6 is 11.3 Å². The quantitative estimate of drug-likeness (QED) is 0.727. The topological polar surface area (TPSA) is 51.0 Å². The second-order valence-corrected chi connectivity index (χ2v) is 6.60. The Hall–Kier alpha value is -2.47. The van der Waals surface area contributed by atoms with E-state index in [9.17, 15) is 4.79 Å². The summed E-state index contributed by atoms with van der Waals surface area (Å²) in [6.45, 7) is 5.56. The van der Waals surface area contributed by atoms with Crippen LogP contribution in [0.4, 0.5) is 11.6 Å². The average molecular weight is 324 g/mol. The van der Waals surface area contributed by atoms with Gasteiger partial charge in [-0.25, -0.2) is 0 Å². The Morgan fingerprint density at radius 3 is 2.74 bits per heavy atom. The molecule has 23 heavy (non-hydrogen) atoms. The van der Waals surface area contributed by atoms with Crippen molar-refractivity contribution in [2.75, 3.05) is 11.4 Å². The van der Waals surface area contributed by atoms with E-state index < -0.39 is 0 Å². The summed E-state index contributed by atoms with van der Waals surface area (Å²) < 4.78 is 1.73. The van der Waals surface area contributed by atoms with Crippen molar-refractivity contribution in [3.05, 3.63) is 57.2 Å². The van der Waals surface area contributed by atoms with Gasteiger partial charge in [-0.2, -0.15) is 0 Å². The van der Waals surface area contributed by atoms with Gasteiger partial charge in [0.1, 0.15) is 0 Å². The van der Waals surface area contributed by atoms with Gasteiger partial charge in [0.15, 0.2) is 5.69 Å². The molecule has 0 atom stereocenters. The largest absolute Gasteiger partial charge is 0.309 e. The third kappa shape index (κ3) is 2.17. The maximum atomic E-state index is 12.7. The van der Waals surface area contributed by atoms with Crippen molar-refractivity contribution in [1.29, 1.82) is 0 Å². The molecule has 1 aromatic carbocycles. The van der Waals surface area contributed by atoms with Crippen molar-refractivity contribution in [3.8, 4) is 10.6 Å². The third-order valence-electron chi connectivity index (χ3n) is 4.34. The maximum Gasteiger partial charge on any atom is 0.282 e. The molecule has 1 aliphatic rings. The molecule has 116 valence electrons. The summed E-state index contributed by atoms with van der Waals surface area (Å²) in [5, 5.41) is 10.5. The number of benzene rings is 1. The van der Waals surface area contributed by atoms with Crippen molar-refractivity contribution < 1.29 is 0 Å². The lowest BCUT2D eigenvalue weighted by Gasteiger charge is -2.20. The molecule has 0 fully saturated rings. The molecule has 0 aliphatic carbocycles. The lowest BCUT2D eigenvalue weighted by molar-refractivity contribution is 0.743. The fourth-order valence-corrected chi connectivity index (χ4v) is 3.64. The van der Waals surface area contributed by atoms with Crippen LogP contribution in [0.1, 0.15) is 11.1 Å². The van der Waals surface area contributed by atoms with Crippen molar-refractivity contribution in [3.63, 3.8) is 0 Å². The zero-order chi connectivity index (χ0) is 16.0. The summed E-state index contributed by atoms with van der Waals surface area (Å²) in [7, 11) is 0. The molecular weight excluding hydrogens is 308 g/mol. The smallest absolute Gasteiger partial charge is 0.282 e. The number of hydrogen-bond donors (Lipinski definition) is 0. The summed E-state index contributed by atoms with van der Waals surface area (Å²) in [6, 6.07) is 10.0. The molecule has 3 aromatic rings. The van der Waals surface area contributed by atoms with Gasteiger partial charge in [-0.05, 0) is 42.5 Å². The van der Waals surface area contributed by atoms with E-state index in [2.05, 4.69) is 41.1 Å². The van der Waals surface area contributed by atoms with Gasteiger partial charge >= 0.3 is 0 Å². The van der Waals surface area contributed by atoms with Crippen LogP contribution in [-0.4, -0.2) is 21.3 Å². The number of anilines is 2. The van der Waals surface area contributed by atoms with Crippen molar-refractivity contribution in [1.82, 2.24) is 14.8 Å². The molecule has 3 heterocycles. The molecule has 2 aromatic heterocycles. The van der Waals surface area contributed by atoms with E-state index in [0.717, 1.165) is 17.1 Å². The molecule has 4 rings (SSSR count). The first-order valence-corrected chi connectivity index (χ1v) is 8.40. The highest BCUT2D eigenvalue weighted by molar-refractivity contribution is 7.13. The predicted molar refractivity (Wildman–Crippen MR) is 92.5 cm³/mol. The number of nitrogens with zero attached hydrogens (tertiary/aromatic N) is 4. The molecule has 1 aliphatic heterocycles. The zero-order valence-corrected chi connectivity index (χ0v) is 13.8. The molecule has 6 heteroatoms. The van der Waals surface area contributed by atoms with Gasteiger partial charge in [0.25, 0.3) is 5.56 Å². The van der Waals surface area contributed by atoms with Gasteiger partial charge in [-0.3, -0.25) is 9.36 Å². The van der Waals surface area contributed by atoms with Crippen molar-refractivity contribution in [2.24, 2.45) is 0 Å². The van der Waals surface area contributed by atoms with Crippen molar-refractivity contribution >= 4 is 23.0 Å². The molecule has 0 radical (unpaired) electrons. The number of aryl methyl sites for hydroxylation is 1. The third-order valence-corrected chi connectivity index (χ3v) is 5.22. The van der Waals surface area contributed by atoms with Gasteiger partial charge in [-0.1, -0.05) is 18.2 Å². The van der Waals surface area contributed by atoms with Crippen LogP contribution < -0.4 is 10.5 Å². The first kappa shape index (κ1) is 14.1. The number of thiophene rings is 1. The summed E-state index contributed by atoms with van der Waals surface area (Å²) in [4.78, 5) is 15.7. The van der Waals surface area contributed by atoms with Crippen molar-refractivity contribution in [2.45, 2.75) is 20.4 Å². The second kappa shape index (κ2) is 5.31. The highest BCUT2D eigenvalue weighted by Crippen LogP contribution is 2.31. The molecule has 0 N–H and O–H groups in total. The minimum atomic E-state index is -0.0646. The van der Waals surface area contributed by atoms with E-state index in [1.807, 2.05) is 23.6 Å². The normalized spacial score (nSPS) is 13.4. The highest BCUT2D eigenvalue weighted by atomic mass is 32.1. The molecule has 0 saturated carbocycles. The SMILES string of the molecule is Cc1cccc(N2CCn3c2nnc(-c2cccs2)c3=O)c1C. The van der Waals surface area contributed by atoms with Crippen LogP contribution in [0.2, 0.25) is 0 Å². The monoisotopic (exact) mass is 324 g/mol. The van der Waals surface area contributed by atoms with Crippen LogP contribution in [0.15, 0.2) is 40.5 Å². The van der Waals surface area contributed by atoms with Crippen LogP contribution in [0.5, 0.6) is 0 Å².